The number of carbonyl (C=O) groups is 1. The Hall–Kier alpha value is -3.51. The molecule has 1 atom stereocenters. The van der Waals surface area contributed by atoms with E-state index in [1.165, 1.54) is 0 Å². The molecule has 0 aliphatic carbocycles. The summed E-state index contributed by atoms with van der Waals surface area (Å²) in [6.07, 6.45) is -4.48. The monoisotopic (exact) mass is 484 g/mol. The fourth-order valence-electron chi connectivity index (χ4n) is 4.04. The SMILES string of the molecule is Cc1cc(C)c(C(=O)N2CC(c3ccc(C#N)cc3)C2)cc1C(=N)C(C)C(=N)COCC(F)(F)F. The van der Waals surface area contributed by atoms with Gasteiger partial charge in [-0.3, -0.25) is 4.79 Å². The summed E-state index contributed by atoms with van der Waals surface area (Å²) < 4.78 is 41.5. The third kappa shape index (κ3) is 6.14. The first-order chi connectivity index (χ1) is 16.4. The van der Waals surface area contributed by atoms with Gasteiger partial charge < -0.3 is 20.5 Å². The molecular weight excluding hydrogens is 457 g/mol. The van der Waals surface area contributed by atoms with E-state index in [0.29, 0.717) is 29.8 Å². The molecule has 35 heavy (non-hydrogen) atoms. The highest BCUT2D eigenvalue weighted by Crippen LogP contribution is 2.30. The minimum Gasteiger partial charge on any atom is -0.366 e. The highest BCUT2D eigenvalue weighted by Gasteiger charge is 2.33. The summed E-state index contributed by atoms with van der Waals surface area (Å²) >= 11 is 0. The van der Waals surface area contributed by atoms with E-state index in [2.05, 4.69) is 10.8 Å². The standard InChI is InChI=1S/C26H27F3N4O2/c1-15-8-16(2)22(9-21(15)24(32)17(3)23(31)13-35-14-26(27,28)29)25(34)33-11-20(12-33)19-6-4-18(10-30)5-7-19/h4-9,17,20,31-32H,11-14H2,1-3H3. The summed E-state index contributed by atoms with van der Waals surface area (Å²) in [7, 11) is 0. The van der Waals surface area contributed by atoms with Crippen molar-refractivity contribution >= 4 is 17.3 Å². The topological polar surface area (TPSA) is 101 Å². The first-order valence-corrected chi connectivity index (χ1v) is 11.1. The van der Waals surface area contributed by atoms with Crippen LogP contribution in [0.2, 0.25) is 0 Å². The molecule has 0 spiro atoms. The summed E-state index contributed by atoms with van der Waals surface area (Å²) in [6, 6.07) is 12.9. The Morgan fingerprint density at radius 3 is 2.31 bits per heavy atom. The van der Waals surface area contributed by atoms with Gasteiger partial charge in [0.15, 0.2) is 0 Å². The van der Waals surface area contributed by atoms with Crippen LogP contribution in [-0.4, -0.2) is 54.7 Å². The van der Waals surface area contributed by atoms with Gasteiger partial charge in [0.2, 0.25) is 0 Å². The summed E-state index contributed by atoms with van der Waals surface area (Å²) in [4.78, 5) is 14.9. The lowest BCUT2D eigenvalue weighted by atomic mass is 9.87. The van der Waals surface area contributed by atoms with Crippen molar-refractivity contribution < 1.29 is 22.7 Å². The summed E-state index contributed by atoms with van der Waals surface area (Å²) in [5.74, 6) is -0.734. The largest absolute Gasteiger partial charge is 0.411 e. The van der Waals surface area contributed by atoms with Crippen molar-refractivity contribution in [3.63, 3.8) is 0 Å². The molecule has 0 bridgehead atoms. The molecule has 0 radical (unpaired) electrons. The third-order valence-electron chi connectivity index (χ3n) is 6.25. The van der Waals surface area contributed by atoms with E-state index in [1.807, 2.05) is 25.1 Å². The van der Waals surface area contributed by atoms with Crippen LogP contribution in [0, 0.1) is 41.9 Å². The number of rotatable bonds is 8. The van der Waals surface area contributed by atoms with Crippen LogP contribution in [0.3, 0.4) is 0 Å². The van der Waals surface area contributed by atoms with E-state index in [4.69, 9.17) is 16.1 Å². The summed E-state index contributed by atoms with van der Waals surface area (Å²) in [6.45, 7) is 4.31. The molecule has 2 aromatic carbocycles. The number of amides is 1. The summed E-state index contributed by atoms with van der Waals surface area (Å²) in [5, 5.41) is 25.5. The number of likely N-dealkylation sites (tertiary alicyclic amines) is 1. The lowest BCUT2D eigenvalue weighted by molar-refractivity contribution is -0.170. The van der Waals surface area contributed by atoms with Crippen molar-refractivity contribution in [2.24, 2.45) is 5.92 Å². The van der Waals surface area contributed by atoms with E-state index in [0.717, 1.165) is 16.7 Å². The minimum atomic E-state index is -4.48. The number of hydrogen-bond donors (Lipinski definition) is 2. The van der Waals surface area contributed by atoms with Crippen LogP contribution in [0.5, 0.6) is 0 Å². The Labute approximate surface area is 202 Å². The predicted molar refractivity (Wildman–Crippen MR) is 126 cm³/mol. The lowest BCUT2D eigenvalue weighted by Crippen LogP contribution is -2.48. The number of carbonyl (C=O) groups excluding carboxylic acids is 1. The summed E-state index contributed by atoms with van der Waals surface area (Å²) in [5.41, 5.74) is 4.02. The van der Waals surface area contributed by atoms with Crippen molar-refractivity contribution in [1.82, 2.24) is 4.90 Å². The zero-order valence-electron chi connectivity index (χ0n) is 19.8. The van der Waals surface area contributed by atoms with E-state index >= 15 is 0 Å². The number of benzene rings is 2. The zero-order valence-corrected chi connectivity index (χ0v) is 19.8. The molecule has 2 N–H and O–H groups in total. The van der Waals surface area contributed by atoms with E-state index in [9.17, 15) is 18.0 Å². The van der Waals surface area contributed by atoms with Gasteiger partial charge in [0.05, 0.1) is 18.2 Å². The van der Waals surface area contributed by atoms with Gasteiger partial charge in [-0.2, -0.15) is 18.4 Å². The smallest absolute Gasteiger partial charge is 0.366 e. The molecule has 0 aromatic heterocycles. The van der Waals surface area contributed by atoms with Gasteiger partial charge in [-0.15, -0.1) is 0 Å². The molecule has 9 heteroatoms. The number of aryl methyl sites for hydroxylation is 2. The minimum absolute atomic E-state index is 0.0521. The average Bonchev–Trinajstić information content (AvgIpc) is 2.76. The van der Waals surface area contributed by atoms with Crippen LogP contribution in [0.15, 0.2) is 36.4 Å². The van der Waals surface area contributed by atoms with Crippen molar-refractivity contribution in [3.8, 4) is 6.07 Å². The maximum absolute atomic E-state index is 13.2. The molecule has 1 amide bonds. The van der Waals surface area contributed by atoms with Gasteiger partial charge in [-0.05, 0) is 54.3 Å². The number of nitriles is 1. The maximum atomic E-state index is 13.2. The van der Waals surface area contributed by atoms with E-state index < -0.39 is 25.3 Å². The van der Waals surface area contributed by atoms with Crippen LogP contribution in [0.1, 0.15) is 51.0 Å². The van der Waals surface area contributed by atoms with E-state index in [-0.39, 0.29) is 23.2 Å². The molecule has 0 saturated carbocycles. The van der Waals surface area contributed by atoms with Gasteiger partial charge in [-0.25, -0.2) is 0 Å². The molecule has 1 saturated heterocycles. The van der Waals surface area contributed by atoms with Crippen molar-refractivity contribution in [3.05, 3.63) is 69.8 Å². The molecule has 1 heterocycles. The average molecular weight is 485 g/mol. The molecule has 1 aliphatic rings. The van der Waals surface area contributed by atoms with Gasteiger partial charge in [0.1, 0.15) is 6.61 Å². The fourth-order valence-corrected chi connectivity index (χ4v) is 4.04. The predicted octanol–water partition coefficient (Wildman–Crippen LogP) is 5.02. The zero-order chi connectivity index (χ0) is 25.9. The van der Waals surface area contributed by atoms with Crippen molar-refractivity contribution in [1.29, 1.82) is 16.1 Å². The Morgan fingerprint density at radius 2 is 1.74 bits per heavy atom. The van der Waals surface area contributed by atoms with Crippen LogP contribution in [-0.2, 0) is 4.74 Å². The van der Waals surface area contributed by atoms with Crippen molar-refractivity contribution in [2.45, 2.75) is 32.9 Å². The Morgan fingerprint density at radius 1 is 1.14 bits per heavy atom. The molecule has 1 fully saturated rings. The number of ether oxygens (including phenoxy) is 1. The third-order valence-corrected chi connectivity index (χ3v) is 6.25. The number of halogens is 3. The number of hydrogen-bond acceptors (Lipinski definition) is 5. The lowest BCUT2D eigenvalue weighted by Gasteiger charge is -2.40. The first-order valence-electron chi connectivity index (χ1n) is 11.1. The number of nitrogens with zero attached hydrogens (tertiary/aromatic N) is 2. The maximum Gasteiger partial charge on any atom is 0.411 e. The Bertz CT molecular complexity index is 1180. The first kappa shape index (κ1) is 26.1. The molecule has 184 valence electrons. The van der Waals surface area contributed by atoms with Crippen LogP contribution < -0.4 is 0 Å². The molecular formula is C26H27F3N4O2. The molecule has 2 aromatic rings. The van der Waals surface area contributed by atoms with Crippen LogP contribution in [0.25, 0.3) is 0 Å². The normalized spacial score (nSPS) is 14.7. The molecule has 1 unspecified atom stereocenters. The van der Waals surface area contributed by atoms with Crippen LogP contribution >= 0.6 is 0 Å². The Kier molecular flexibility index (Phi) is 7.76. The number of nitrogens with one attached hydrogen (secondary N) is 2. The highest BCUT2D eigenvalue weighted by atomic mass is 19.4. The molecule has 1 aliphatic heterocycles. The second kappa shape index (κ2) is 10.4. The second-order valence-corrected chi connectivity index (χ2v) is 8.89. The van der Waals surface area contributed by atoms with E-state index in [1.54, 1.807) is 36.9 Å². The van der Waals surface area contributed by atoms with Gasteiger partial charge >= 0.3 is 6.18 Å². The van der Waals surface area contributed by atoms with Gasteiger partial charge in [-0.1, -0.05) is 25.1 Å². The van der Waals surface area contributed by atoms with Gasteiger partial charge in [0, 0.05) is 41.9 Å². The van der Waals surface area contributed by atoms with Gasteiger partial charge in [0.25, 0.3) is 5.91 Å². The highest BCUT2D eigenvalue weighted by molar-refractivity contribution is 6.14. The molecule has 3 rings (SSSR count). The second-order valence-electron chi connectivity index (χ2n) is 8.89. The number of alkyl halides is 3. The fraction of sp³-hybridized carbons (Fsp3) is 0.385. The Balaban J connectivity index is 1.69. The molecule has 6 nitrogen and oxygen atoms in total. The quantitative estimate of drug-likeness (QED) is 0.515. The van der Waals surface area contributed by atoms with Crippen LogP contribution in [0.4, 0.5) is 13.2 Å². The van der Waals surface area contributed by atoms with Crippen molar-refractivity contribution in [2.75, 3.05) is 26.3 Å².